The van der Waals surface area contributed by atoms with E-state index < -0.39 is 17.7 Å². The van der Waals surface area contributed by atoms with Crippen LogP contribution in [0.2, 0.25) is 0 Å². The van der Waals surface area contributed by atoms with Gasteiger partial charge in [0.1, 0.15) is 11.7 Å². The van der Waals surface area contributed by atoms with Gasteiger partial charge in [0, 0.05) is 18.7 Å². The van der Waals surface area contributed by atoms with E-state index in [4.69, 9.17) is 5.73 Å². The number of hydrogen-bond acceptors (Lipinski definition) is 5. The van der Waals surface area contributed by atoms with Crippen LogP contribution in [0.15, 0.2) is 40.7 Å². The molecule has 5 nitrogen and oxygen atoms in total. The number of amides is 1. The summed E-state index contributed by atoms with van der Waals surface area (Å²) in [5.41, 5.74) is 5.23. The molecule has 8 heteroatoms. The molecule has 1 saturated heterocycles. The molecule has 1 spiro atoms. The maximum absolute atomic E-state index is 15.0. The molecule has 3 heterocycles. The molecule has 0 radical (unpaired) electrons. The number of aliphatic imine (C=N–C) groups is 1. The van der Waals surface area contributed by atoms with Gasteiger partial charge in [-0.05, 0) is 23.6 Å². The van der Waals surface area contributed by atoms with E-state index in [1.807, 2.05) is 5.38 Å². The number of nitrogens with zero attached hydrogens (tertiary/aromatic N) is 2. The maximum atomic E-state index is 15.0. The van der Waals surface area contributed by atoms with Gasteiger partial charge in [-0.1, -0.05) is 12.1 Å². The van der Waals surface area contributed by atoms with Crippen LogP contribution in [0.25, 0.3) is 0 Å². The van der Waals surface area contributed by atoms with Crippen molar-refractivity contribution in [3.63, 3.8) is 0 Å². The van der Waals surface area contributed by atoms with E-state index in [2.05, 4.69) is 10.3 Å². The zero-order valence-corrected chi connectivity index (χ0v) is 14.0. The first-order valence-electron chi connectivity index (χ1n) is 7.89. The molecule has 2 aliphatic rings. The summed E-state index contributed by atoms with van der Waals surface area (Å²) in [5.74, 6) is -0.707. The van der Waals surface area contributed by atoms with Gasteiger partial charge < -0.3 is 16.0 Å². The minimum atomic E-state index is -1.46. The Morgan fingerprint density at radius 1 is 1.40 bits per heavy atom. The molecule has 4 rings (SSSR count). The number of carbonyl (C=O) groups excluding carboxylic acids is 1. The van der Waals surface area contributed by atoms with Crippen molar-refractivity contribution < 1.29 is 13.6 Å². The summed E-state index contributed by atoms with van der Waals surface area (Å²) in [5, 5.41) is 4.82. The van der Waals surface area contributed by atoms with E-state index in [1.54, 1.807) is 18.2 Å². The number of nitrogens with two attached hydrogens (primary N) is 1. The molecular weight excluding hydrogens is 346 g/mol. The largest absolute Gasteiger partial charge is 0.383 e. The van der Waals surface area contributed by atoms with Crippen LogP contribution in [0.1, 0.15) is 21.7 Å². The quantitative estimate of drug-likeness (QED) is 0.819. The van der Waals surface area contributed by atoms with Crippen LogP contribution >= 0.6 is 11.3 Å². The summed E-state index contributed by atoms with van der Waals surface area (Å²) in [6, 6.07) is 7.98. The van der Waals surface area contributed by atoms with Crippen molar-refractivity contribution in [3.05, 3.63) is 52.0 Å². The number of amidine groups is 1. The van der Waals surface area contributed by atoms with Gasteiger partial charge >= 0.3 is 0 Å². The minimum Gasteiger partial charge on any atom is -0.383 e. The Balaban J connectivity index is 1.60. The molecule has 1 fully saturated rings. The van der Waals surface area contributed by atoms with Crippen molar-refractivity contribution in [1.29, 1.82) is 0 Å². The molecule has 25 heavy (non-hydrogen) atoms. The average Bonchev–Trinajstić information content (AvgIpc) is 3.11. The molecule has 2 aliphatic heterocycles. The number of alkyl halides is 1. The summed E-state index contributed by atoms with van der Waals surface area (Å²) in [4.78, 5) is 18.7. The highest BCUT2D eigenvalue weighted by atomic mass is 32.1. The second-order valence-electron chi connectivity index (χ2n) is 6.15. The van der Waals surface area contributed by atoms with E-state index in [9.17, 15) is 9.18 Å². The molecule has 0 aliphatic carbocycles. The minimum absolute atomic E-state index is 0.0208. The molecule has 2 atom stereocenters. The summed E-state index contributed by atoms with van der Waals surface area (Å²) in [7, 11) is 0. The number of hydrogen-bond donors (Lipinski definition) is 2. The van der Waals surface area contributed by atoms with Gasteiger partial charge in [-0.3, -0.25) is 4.79 Å². The number of likely N-dealkylation sites (tertiary alicyclic amines) is 1. The molecule has 1 amide bonds. The fourth-order valence-electron chi connectivity index (χ4n) is 3.33. The van der Waals surface area contributed by atoms with Crippen molar-refractivity contribution in [1.82, 2.24) is 4.90 Å². The van der Waals surface area contributed by atoms with Crippen molar-refractivity contribution >= 4 is 28.8 Å². The highest BCUT2D eigenvalue weighted by Gasteiger charge is 2.47. The first kappa shape index (κ1) is 16.0. The SMILES string of the molecule is NC1=N[C@]2(CCN(C(=O)c3cccs3)C[C@@H]2F)Nc2cccc(F)c21. The lowest BCUT2D eigenvalue weighted by atomic mass is 9.92. The van der Waals surface area contributed by atoms with Gasteiger partial charge in [0.05, 0.1) is 17.0 Å². The van der Waals surface area contributed by atoms with Gasteiger partial charge in [0.15, 0.2) is 11.8 Å². The van der Waals surface area contributed by atoms with Gasteiger partial charge in [0.25, 0.3) is 5.91 Å². The number of fused-ring (bicyclic) bond motifs is 1. The molecular formula is C17H16F2N4OS. The number of rotatable bonds is 1. The normalized spacial score (nSPS) is 25.3. The smallest absolute Gasteiger partial charge is 0.264 e. The summed E-state index contributed by atoms with van der Waals surface area (Å²) < 4.78 is 29.0. The Labute approximate surface area is 147 Å². The lowest BCUT2D eigenvalue weighted by Crippen LogP contribution is -2.59. The Hall–Kier alpha value is -2.48. The second-order valence-corrected chi connectivity index (χ2v) is 7.10. The van der Waals surface area contributed by atoms with Crippen LogP contribution in [0.5, 0.6) is 0 Å². The van der Waals surface area contributed by atoms with Crippen LogP contribution in [0, 0.1) is 5.82 Å². The molecule has 130 valence electrons. The van der Waals surface area contributed by atoms with Crippen molar-refractivity contribution in [2.24, 2.45) is 10.7 Å². The highest BCUT2D eigenvalue weighted by Crippen LogP contribution is 2.37. The van der Waals surface area contributed by atoms with Crippen molar-refractivity contribution in [3.8, 4) is 0 Å². The standard InChI is InChI=1S/C17H16F2N4OS/c18-10-3-1-4-11-14(10)15(20)22-17(21-11)6-7-23(9-13(17)19)16(24)12-5-2-8-25-12/h1-5,8,13,21H,6-7,9H2,(H2,20,22)/t13-,17-/m0/s1. The van der Waals surface area contributed by atoms with E-state index in [-0.39, 0.29) is 30.3 Å². The number of piperidine rings is 1. The van der Waals surface area contributed by atoms with Gasteiger partial charge in [-0.15, -0.1) is 11.3 Å². The molecule has 2 aromatic rings. The van der Waals surface area contributed by atoms with Gasteiger partial charge in [0.2, 0.25) is 0 Å². The van der Waals surface area contributed by atoms with E-state index >= 15 is 4.39 Å². The third kappa shape index (κ3) is 2.57. The Morgan fingerprint density at radius 2 is 2.24 bits per heavy atom. The van der Waals surface area contributed by atoms with Crippen molar-refractivity contribution in [2.45, 2.75) is 18.3 Å². The fraction of sp³-hybridized carbons (Fsp3) is 0.294. The lowest BCUT2D eigenvalue weighted by molar-refractivity contribution is 0.0499. The van der Waals surface area contributed by atoms with Crippen molar-refractivity contribution in [2.75, 3.05) is 18.4 Å². The van der Waals surface area contributed by atoms with E-state index in [1.165, 1.54) is 28.4 Å². The first-order chi connectivity index (χ1) is 12.0. The van der Waals surface area contributed by atoms with Gasteiger partial charge in [-0.25, -0.2) is 13.8 Å². The van der Waals surface area contributed by atoms with Crippen LogP contribution in [0.3, 0.4) is 0 Å². The molecule has 0 unspecified atom stereocenters. The number of thiophene rings is 1. The molecule has 0 bridgehead atoms. The number of benzene rings is 1. The zero-order chi connectivity index (χ0) is 17.6. The molecule has 3 N–H and O–H groups in total. The topological polar surface area (TPSA) is 70.7 Å². The summed E-state index contributed by atoms with van der Waals surface area (Å²) in [6.45, 7) is 0.247. The van der Waals surface area contributed by atoms with E-state index in [0.29, 0.717) is 17.1 Å². The molecule has 1 aromatic carbocycles. The maximum Gasteiger partial charge on any atom is 0.264 e. The molecule has 0 saturated carbocycles. The second kappa shape index (κ2) is 5.80. The molecule has 1 aromatic heterocycles. The number of anilines is 1. The third-order valence-electron chi connectivity index (χ3n) is 4.62. The Kier molecular flexibility index (Phi) is 3.72. The summed E-state index contributed by atoms with van der Waals surface area (Å²) in [6.07, 6.45) is -1.21. The first-order valence-corrected chi connectivity index (χ1v) is 8.77. The Bertz CT molecular complexity index is 854. The predicted octanol–water partition coefficient (Wildman–Crippen LogP) is 2.60. The van der Waals surface area contributed by atoms with Crippen LogP contribution in [0.4, 0.5) is 14.5 Å². The average molecular weight is 362 g/mol. The number of carbonyl (C=O) groups is 1. The van der Waals surface area contributed by atoms with Crippen LogP contribution in [-0.2, 0) is 0 Å². The van der Waals surface area contributed by atoms with Crippen LogP contribution < -0.4 is 11.1 Å². The predicted molar refractivity (Wildman–Crippen MR) is 93.2 cm³/mol. The van der Waals surface area contributed by atoms with Crippen LogP contribution in [-0.4, -0.2) is 41.6 Å². The Morgan fingerprint density at radius 3 is 2.96 bits per heavy atom. The van der Waals surface area contributed by atoms with E-state index in [0.717, 1.165) is 0 Å². The third-order valence-corrected chi connectivity index (χ3v) is 5.48. The lowest BCUT2D eigenvalue weighted by Gasteiger charge is -2.44. The highest BCUT2D eigenvalue weighted by molar-refractivity contribution is 7.12. The number of halogens is 2. The fourth-order valence-corrected chi connectivity index (χ4v) is 4.02. The van der Waals surface area contributed by atoms with Gasteiger partial charge in [-0.2, -0.15) is 0 Å². The monoisotopic (exact) mass is 362 g/mol. The zero-order valence-electron chi connectivity index (χ0n) is 13.2. The summed E-state index contributed by atoms with van der Waals surface area (Å²) >= 11 is 1.33. The number of nitrogens with one attached hydrogen (secondary N) is 1.